The van der Waals surface area contributed by atoms with Crippen LogP contribution in [0.3, 0.4) is 0 Å². The number of rotatable bonds is 4. The lowest BCUT2D eigenvalue weighted by Crippen LogP contribution is -2.47. The second-order valence-electron chi connectivity index (χ2n) is 6.62. The molecule has 3 fully saturated rings. The molecule has 3 aliphatic heterocycles. The van der Waals surface area contributed by atoms with Crippen molar-refractivity contribution in [1.29, 1.82) is 0 Å². The van der Waals surface area contributed by atoms with Crippen molar-refractivity contribution in [3.8, 4) is 0 Å². The van der Waals surface area contributed by atoms with E-state index in [2.05, 4.69) is 4.90 Å². The third-order valence-electron chi connectivity index (χ3n) is 5.23. The Kier molecular flexibility index (Phi) is 3.41. The summed E-state index contributed by atoms with van der Waals surface area (Å²) < 4.78 is 5.57. The van der Waals surface area contributed by atoms with Crippen molar-refractivity contribution in [2.45, 2.75) is 19.3 Å². The number of nitro groups is 1. The lowest BCUT2D eigenvalue weighted by atomic mass is 9.76. The van der Waals surface area contributed by atoms with Crippen molar-refractivity contribution in [3.63, 3.8) is 0 Å². The Bertz CT molecular complexity index is 774. The molecule has 1 aromatic carbocycles. The molecule has 0 amide bonds. The molecular formula is C17H18N2O4. The Hall–Kier alpha value is -2.21. The summed E-state index contributed by atoms with van der Waals surface area (Å²) in [6, 6.07) is 6.13. The first-order valence-electron chi connectivity index (χ1n) is 8.04. The summed E-state index contributed by atoms with van der Waals surface area (Å²) in [4.78, 5) is 25.3. The fourth-order valence-electron chi connectivity index (χ4n) is 3.93. The van der Waals surface area contributed by atoms with Crippen molar-refractivity contribution in [3.05, 3.63) is 40.1 Å². The number of nitro benzene ring substituents is 1. The van der Waals surface area contributed by atoms with Crippen LogP contribution in [0.25, 0.3) is 11.0 Å². The van der Waals surface area contributed by atoms with Gasteiger partial charge < -0.3 is 9.32 Å². The van der Waals surface area contributed by atoms with Gasteiger partial charge in [-0.3, -0.25) is 14.9 Å². The van der Waals surface area contributed by atoms with Gasteiger partial charge in [-0.2, -0.15) is 0 Å². The smallest absolute Gasteiger partial charge is 0.273 e. The number of non-ortho nitro benzene ring substituents is 1. The Balaban J connectivity index is 1.54. The van der Waals surface area contributed by atoms with Crippen LogP contribution >= 0.6 is 0 Å². The van der Waals surface area contributed by atoms with E-state index < -0.39 is 4.92 Å². The highest BCUT2D eigenvalue weighted by Crippen LogP contribution is 2.35. The van der Waals surface area contributed by atoms with E-state index in [1.165, 1.54) is 25.0 Å². The van der Waals surface area contributed by atoms with Crippen LogP contribution in [0.2, 0.25) is 0 Å². The third-order valence-corrected chi connectivity index (χ3v) is 5.23. The molecule has 0 saturated carbocycles. The number of fused-ring (bicyclic) bond motifs is 4. The van der Waals surface area contributed by atoms with Crippen molar-refractivity contribution >= 4 is 22.4 Å². The first-order valence-corrected chi connectivity index (χ1v) is 8.04. The normalized spacial score (nSPS) is 26.5. The molecule has 2 bridgehead atoms. The van der Waals surface area contributed by atoms with E-state index in [1.807, 2.05) is 0 Å². The third kappa shape index (κ3) is 2.63. The number of benzene rings is 1. The van der Waals surface area contributed by atoms with Gasteiger partial charge in [-0.05, 0) is 49.9 Å². The van der Waals surface area contributed by atoms with Crippen LogP contribution in [0.4, 0.5) is 5.69 Å². The molecule has 5 rings (SSSR count). The molecule has 0 aliphatic carbocycles. The van der Waals surface area contributed by atoms with Crippen LogP contribution in [0.1, 0.15) is 29.8 Å². The number of piperidine rings is 3. The van der Waals surface area contributed by atoms with Crippen LogP contribution in [0, 0.1) is 22.0 Å². The van der Waals surface area contributed by atoms with Gasteiger partial charge >= 0.3 is 0 Å². The SMILES string of the molecule is O=C(C[C@H]1CN2CCC1CC2)c1cc2ccc([N+](=O)[O-])cc2o1. The molecular weight excluding hydrogens is 296 g/mol. The molecule has 23 heavy (non-hydrogen) atoms. The molecule has 6 nitrogen and oxygen atoms in total. The molecule has 3 saturated heterocycles. The van der Waals surface area contributed by atoms with Crippen LogP contribution in [0.15, 0.2) is 28.7 Å². The van der Waals surface area contributed by atoms with E-state index in [-0.39, 0.29) is 11.5 Å². The molecule has 6 heteroatoms. The molecule has 4 heterocycles. The lowest BCUT2D eigenvalue weighted by molar-refractivity contribution is -0.384. The van der Waals surface area contributed by atoms with E-state index in [0.717, 1.165) is 25.0 Å². The summed E-state index contributed by atoms with van der Waals surface area (Å²) in [6.45, 7) is 3.31. The molecule has 0 N–H and O–H groups in total. The van der Waals surface area contributed by atoms with E-state index in [0.29, 0.717) is 29.6 Å². The van der Waals surface area contributed by atoms with E-state index in [9.17, 15) is 14.9 Å². The van der Waals surface area contributed by atoms with Crippen LogP contribution in [-0.2, 0) is 0 Å². The van der Waals surface area contributed by atoms with Gasteiger partial charge in [0.15, 0.2) is 11.5 Å². The first-order chi connectivity index (χ1) is 11.1. The van der Waals surface area contributed by atoms with Crippen LogP contribution < -0.4 is 0 Å². The minimum atomic E-state index is -0.462. The highest BCUT2D eigenvalue weighted by molar-refractivity contribution is 5.98. The van der Waals surface area contributed by atoms with Gasteiger partial charge in [0.25, 0.3) is 5.69 Å². The number of nitrogens with zero attached hydrogens (tertiary/aromatic N) is 2. The number of hydrogen-bond acceptors (Lipinski definition) is 5. The van der Waals surface area contributed by atoms with Gasteiger partial charge in [0.1, 0.15) is 5.58 Å². The Morgan fingerprint density at radius 3 is 2.74 bits per heavy atom. The maximum absolute atomic E-state index is 12.5. The second-order valence-corrected chi connectivity index (χ2v) is 6.62. The van der Waals surface area contributed by atoms with Crippen molar-refractivity contribution in [2.75, 3.05) is 19.6 Å². The van der Waals surface area contributed by atoms with Gasteiger partial charge in [0, 0.05) is 24.4 Å². The zero-order valence-electron chi connectivity index (χ0n) is 12.7. The highest BCUT2D eigenvalue weighted by atomic mass is 16.6. The molecule has 1 atom stereocenters. The average Bonchev–Trinajstić information content (AvgIpc) is 2.99. The zero-order chi connectivity index (χ0) is 16.0. The number of furan rings is 1. The Morgan fingerprint density at radius 1 is 1.30 bits per heavy atom. The van der Waals surface area contributed by atoms with Gasteiger partial charge in [0.2, 0.25) is 0 Å². The van der Waals surface area contributed by atoms with E-state index >= 15 is 0 Å². The molecule has 0 spiro atoms. The summed E-state index contributed by atoms with van der Waals surface area (Å²) in [6.07, 6.45) is 2.87. The molecule has 3 aliphatic rings. The highest BCUT2D eigenvalue weighted by Gasteiger charge is 2.35. The van der Waals surface area contributed by atoms with Gasteiger partial charge in [0.05, 0.1) is 11.0 Å². The summed E-state index contributed by atoms with van der Waals surface area (Å²) >= 11 is 0. The number of carbonyl (C=O) groups is 1. The zero-order valence-corrected chi connectivity index (χ0v) is 12.7. The van der Waals surface area contributed by atoms with E-state index in [4.69, 9.17) is 4.42 Å². The van der Waals surface area contributed by atoms with Crippen molar-refractivity contribution in [1.82, 2.24) is 4.90 Å². The predicted molar refractivity (Wildman–Crippen MR) is 84.5 cm³/mol. The monoisotopic (exact) mass is 314 g/mol. The summed E-state index contributed by atoms with van der Waals surface area (Å²) in [5.74, 6) is 1.38. The second kappa shape index (κ2) is 5.45. The topological polar surface area (TPSA) is 76.6 Å². The fourth-order valence-corrected chi connectivity index (χ4v) is 3.93. The number of Topliss-reactive ketones (excluding diaryl/α,β-unsaturated/α-hetero) is 1. The van der Waals surface area contributed by atoms with Gasteiger partial charge in [-0.25, -0.2) is 0 Å². The maximum atomic E-state index is 12.5. The predicted octanol–water partition coefficient (Wildman–Crippen LogP) is 3.26. The number of carbonyl (C=O) groups excluding carboxylic acids is 1. The van der Waals surface area contributed by atoms with E-state index in [1.54, 1.807) is 12.1 Å². The fraction of sp³-hybridized carbons (Fsp3) is 0.471. The van der Waals surface area contributed by atoms with Crippen molar-refractivity contribution < 1.29 is 14.1 Å². The average molecular weight is 314 g/mol. The quantitative estimate of drug-likeness (QED) is 0.492. The standard InChI is InChI=1S/C17H18N2O4/c20-15(7-13-10-18-5-3-11(13)4-6-18)17-8-12-1-2-14(19(21)22)9-16(12)23-17/h1-2,8-9,11,13H,3-7,10H2/t13-/m0/s1. The largest absolute Gasteiger partial charge is 0.453 e. The Labute approximate surface area is 133 Å². The van der Waals surface area contributed by atoms with Crippen LogP contribution in [-0.4, -0.2) is 35.2 Å². The minimum Gasteiger partial charge on any atom is -0.453 e. The van der Waals surface area contributed by atoms with Crippen molar-refractivity contribution in [2.24, 2.45) is 11.8 Å². The van der Waals surface area contributed by atoms with Gasteiger partial charge in [-0.1, -0.05) is 0 Å². The molecule has 120 valence electrons. The number of hydrogen-bond donors (Lipinski definition) is 0. The summed E-state index contributed by atoms with van der Waals surface area (Å²) in [7, 11) is 0. The molecule has 1 aromatic heterocycles. The van der Waals surface area contributed by atoms with Gasteiger partial charge in [-0.15, -0.1) is 0 Å². The summed E-state index contributed by atoms with van der Waals surface area (Å²) in [5, 5.41) is 11.5. The molecule has 0 radical (unpaired) electrons. The Morgan fingerprint density at radius 2 is 2.09 bits per heavy atom. The molecule has 0 unspecified atom stereocenters. The van der Waals surface area contributed by atoms with Crippen LogP contribution in [0.5, 0.6) is 0 Å². The first kappa shape index (κ1) is 14.4. The lowest BCUT2D eigenvalue weighted by Gasteiger charge is -2.44. The molecule has 2 aromatic rings. The number of ketones is 1. The summed E-state index contributed by atoms with van der Waals surface area (Å²) in [5.41, 5.74) is 0.375. The minimum absolute atomic E-state index is 0.00241. The maximum Gasteiger partial charge on any atom is 0.273 e.